The highest BCUT2D eigenvalue weighted by Gasteiger charge is 2.13. The van der Waals surface area contributed by atoms with Crippen molar-refractivity contribution in [2.75, 3.05) is 25.5 Å². The summed E-state index contributed by atoms with van der Waals surface area (Å²) in [4.78, 5) is 23.8. The van der Waals surface area contributed by atoms with Crippen LogP contribution in [-0.4, -0.2) is 32.1 Å². The fraction of sp³-hybridized carbons (Fsp3) is 0.222. The van der Waals surface area contributed by atoms with Crippen molar-refractivity contribution in [1.29, 1.82) is 0 Å². The van der Waals surface area contributed by atoms with E-state index in [1.807, 2.05) is 6.07 Å². The molecular formula is C18H18Cl2N2O3. The third-order valence-electron chi connectivity index (χ3n) is 3.48. The van der Waals surface area contributed by atoms with Crippen molar-refractivity contribution < 1.29 is 14.3 Å². The molecule has 5 nitrogen and oxygen atoms in total. The zero-order valence-electron chi connectivity index (χ0n) is 13.6. The molecule has 2 aromatic carbocycles. The molecule has 0 aliphatic rings. The number of carbonyl (C=O) groups is 2. The number of nitrogens with one attached hydrogen (secondary N) is 2. The van der Waals surface area contributed by atoms with E-state index in [1.54, 1.807) is 43.4 Å². The van der Waals surface area contributed by atoms with Crippen LogP contribution in [-0.2, 0) is 16.0 Å². The fourth-order valence-electron chi connectivity index (χ4n) is 2.20. The molecule has 7 heteroatoms. The molecule has 0 heterocycles. The van der Waals surface area contributed by atoms with Crippen LogP contribution >= 0.6 is 23.2 Å². The molecule has 0 atom stereocenters. The summed E-state index contributed by atoms with van der Waals surface area (Å²) in [6.07, 6.45) is 0.554. The maximum atomic E-state index is 12.0. The highest BCUT2D eigenvalue weighted by atomic mass is 35.5. The zero-order valence-corrected chi connectivity index (χ0v) is 15.2. The van der Waals surface area contributed by atoms with Crippen LogP contribution in [0.3, 0.4) is 0 Å². The SMILES string of the molecule is CNc1ccccc1C(=O)OCC(=O)NCCc1ccc(Cl)cc1Cl. The lowest BCUT2D eigenvalue weighted by molar-refractivity contribution is -0.124. The lowest BCUT2D eigenvalue weighted by Gasteiger charge is -2.10. The van der Waals surface area contributed by atoms with Gasteiger partial charge < -0.3 is 15.4 Å². The monoisotopic (exact) mass is 380 g/mol. The molecule has 0 aromatic heterocycles. The first-order valence-corrected chi connectivity index (χ1v) is 8.41. The van der Waals surface area contributed by atoms with Crippen molar-refractivity contribution in [2.45, 2.75) is 6.42 Å². The van der Waals surface area contributed by atoms with Gasteiger partial charge in [-0.25, -0.2) is 4.79 Å². The highest BCUT2D eigenvalue weighted by molar-refractivity contribution is 6.35. The van der Waals surface area contributed by atoms with E-state index < -0.39 is 5.97 Å². The van der Waals surface area contributed by atoms with Crippen LogP contribution in [0.4, 0.5) is 5.69 Å². The number of ether oxygens (including phenoxy) is 1. The first kappa shape index (κ1) is 19.1. The second-order valence-electron chi connectivity index (χ2n) is 5.21. The van der Waals surface area contributed by atoms with Gasteiger partial charge in [-0.15, -0.1) is 0 Å². The standard InChI is InChI=1S/C18H18Cl2N2O3/c1-21-16-5-3-2-4-14(16)18(24)25-11-17(23)22-9-8-12-6-7-13(19)10-15(12)20/h2-7,10,21H,8-9,11H2,1H3,(H,22,23). The van der Waals surface area contributed by atoms with Crippen LogP contribution in [0.25, 0.3) is 0 Å². The first-order valence-electron chi connectivity index (χ1n) is 7.66. The molecule has 0 spiro atoms. The number of rotatable bonds is 7. The van der Waals surface area contributed by atoms with Crippen LogP contribution < -0.4 is 10.6 Å². The van der Waals surface area contributed by atoms with Gasteiger partial charge in [-0.05, 0) is 36.2 Å². The van der Waals surface area contributed by atoms with Gasteiger partial charge in [-0.1, -0.05) is 41.4 Å². The van der Waals surface area contributed by atoms with Crippen molar-refractivity contribution in [1.82, 2.24) is 5.32 Å². The molecule has 2 aromatic rings. The minimum atomic E-state index is -0.555. The third kappa shape index (κ3) is 5.66. The predicted molar refractivity (Wildman–Crippen MR) is 99.4 cm³/mol. The third-order valence-corrected chi connectivity index (χ3v) is 4.07. The van der Waals surface area contributed by atoms with Gasteiger partial charge in [0, 0.05) is 29.3 Å². The second kappa shape index (κ2) is 9.30. The zero-order chi connectivity index (χ0) is 18.2. The molecule has 0 saturated heterocycles. The summed E-state index contributed by atoms with van der Waals surface area (Å²) in [5.41, 5.74) is 1.90. The smallest absolute Gasteiger partial charge is 0.340 e. The Morgan fingerprint density at radius 1 is 1.12 bits per heavy atom. The predicted octanol–water partition coefficient (Wildman–Crippen LogP) is 3.55. The van der Waals surface area contributed by atoms with E-state index >= 15 is 0 Å². The molecule has 25 heavy (non-hydrogen) atoms. The van der Waals surface area contributed by atoms with Crippen LogP contribution in [0, 0.1) is 0 Å². The summed E-state index contributed by atoms with van der Waals surface area (Å²) in [7, 11) is 1.71. The number of benzene rings is 2. The second-order valence-corrected chi connectivity index (χ2v) is 6.05. The Bertz CT molecular complexity index is 766. The minimum absolute atomic E-state index is 0.342. The summed E-state index contributed by atoms with van der Waals surface area (Å²) in [5.74, 6) is -0.929. The topological polar surface area (TPSA) is 67.4 Å². The number of amides is 1. The Hall–Kier alpha value is -2.24. The van der Waals surface area contributed by atoms with Gasteiger partial charge in [0.15, 0.2) is 6.61 Å². The molecule has 2 rings (SSSR count). The molecule has 0 unspecified atom stereocenters. The number of para-hydroxylation sites is 1. The molecule has 0 bridgehead atoms. The van der Waals surface area contributed by atoms with Crippen molar-refractivity contribution in [3.8, 4) is 0 Å². The number of carbonyl (C=O) groups excluding carboxylic acids is 2. The van der Waals surface area contributed by atoms with Crippen LogP contribution in [0.2, 0.25) is 10.0 Å². The van der Waals surface area contributed by atoms with Crippen molar-refractivity contribution >= 4 is 40.8 Å². The number of anilines is 1. The molecule has 2 N–H and O–H groups in total. The molecule has 0 aliphatic heterocycles. The Kier molecular flexibility index (Phi) is 7.10. The van der Waals surface area contributed by atoms with Crippen LogP contribution in [0.15, 0.2) is 42.5 Å². The van der Waals surface area contributed by atoms with E-state index in [0.29, 0.717) is 34.3 Å². The van der Waals surface area contributed by atoms with E-state index in [9.17, 15) is 9.59 Å². The van der Waals surface area contributed by atoms with Crippen LogP contribution in [0.1, 0.15) is 15.9 Å². The molecule has 132 valence electrons. The van der Waals surface area contributed by atoms with Crippen molar-refractivity contribution in [2.24, 2.45) is 0 Å². The van der Waals surface area contributed by atoms with Gasteiger partial charge in [-0.3, -0.25) is 4.79 Å². The average Bonchev–Trinajstić information content (AvgIpc) is 2.61. The molecule has 0 saturated carbocycles. The van der Waals surface area contributed by atoms with Crippen molar-refractivity contribution in [3.05, 3.63) is 63.6 Å². The first-order chi connectivity index (χ1) is 12.0. The maximum Gasteiger partial charge on any atom is 0.340 e. The quantitative estimate of drug-likeness (QED) is 0.720. The normalized spacial score (nSPS) is 10.2. The van der Waals surface area contributed by atoms with Gasteiger partial charge in [0.25, 0.3) is 5.91 Å². The number of halogens is 2. The lowest BCUT2D eigenvalue weighted by Crippen LogP contribution is -2.30. The van der Waals surface area contributed by atoms with E-state index in [1.165, 1.54) is 0 Å². The highest BCUT2D eigenvalue weighted by Crippen LogP contribution is 2.21. The maximum absolute atomic E-state index is 12.0. The fourth-order valence-corrected chi connectivity index (χ4v) is 2.70. The van der Waals surface area contributed by atoms with Crippen LogP contribution in [0.5, 0.6) is 0 Å². The van der Waals surface area contributed by atoms with E-state index in [2.05, 4.69) is 10.6 Å². The summed E-state index contributed by atoms with van der Waals surface area (Å²) < 4.78 is 5.04. The summed E-state index contributed by atoms with van der Waals surface area (Å²) >= 11 is 11.9. The van der Waals surface area contributed by atoms with E-state index in [4.69, 9.17) is 27.9 Å². The molecule has 1 amide bonds. The molecule has 0 radical (unpaired) electrons. The molecular weight excluding hydrogens is 363 g/mol. The Balaban J connectivity index is 1.78. The lowest BCUT2D eigenvalue weighted by atomic mass is 10.1. The molecule has 0 aliphatic carbocycles. The summed E-state index contributed by atoms with van der Waals surface area (Å²) in [6.45, 7) is 0.0378. The number of esters is 1. The number of hydrogen-bond donors (Lipinski definition) is 2. The van der Waals surface area contributed by atoms with E-state index in [-0.39, 0.29) is 12.5 Å². The summed E-state index contributed by atoms with van der Waals surface area (Å²) in [5, 5.41) is 6.70. The van der Waals surface area contributed by atoms with Gasteiger partial charge in [-0.2, -0.15) is 0 Å². The van der Waals surface area contributed by atoms with Gasteiger partial charge in [0.1, 0.15) is 0 Å². The van der Waals surface area contributed by atoms with E-state index in [0.717, 1.165) is 5.56 Å². The van der Waals surface area contributed by atoms with Crippen molar-refractivity contribution in [3.63, 3.8) is 0 Å². The number of hydrogen-bond acceptors (Lipinski definition) is 4. The summed E-state index contributed by atoms with van der Waals surface area (Å²) in [6, 6.07) is 12.1. The van der Waals surface area contributed by atoms with Gasteiger partial charge >= 0.3 is 5.97 Å². The largest absolute Gasteiger partial charge is 0.452 e. The van der Waals surface area contributed by atoms with Gasteiger partial charge in [0.05, 0.1) is 5.56 Å². The average molecular weight is 381 g/mol. The Morgan fingerprint density at radius 2 is 1.88 bits per heavy atom. The minimum Gasteiger partial charge on any atom is -0.452 e. The molecule has 0 fully saturated rings. The van der Waals surface area contributed by atoms with Gasteiger partial charge in [0.2, 0.25) is 0 Å². The Morgan fingerprint density at radius 3 is 2.60 bits per heavy atom. The Labute approximate surface area is 156 Å².